The highest BCUT2D eigenvalue weighted by molar-refractivity contribution is 9.10. The Morgan fingerprint density at radius 1 is 1.25 bits per heavy atom. The van der Waals surface area contributed by atoms with Crippen molar-refractivity contribution in [2.75, 3.05) is 13.1 Å². The number of piperidine rings is 1. The molecule has 0 aromatic carbocycles. The minimum Gasteiger partial charge on any atom is -0.297 e. The second-order valence-corrected chi connectivity index (χ2v) is 4.78. The van der Waals surface area contributed by atoms with E-state index in [9.17, 15) is 8.78 Å². The molecule has 0 atom stereocenters. The third kappa shape index (κ3) is 3.18. The average molecular weight is 292 g/mol. The van der Waals surface area contributed by atoms with Gasteiger partial charge in [0.1, 0.15) is 4.60 Å². The second-order valence-electron chi connectivity index (χ2n) is 3.96. The fraction of sp³-hybridized carbons (Fsp3) is 0.600. The van der Waals surface area contributed by atoms with Crippen LogP contribution in [0.15, 0.2) is 17.0 Å². The molecule has 1 fully saturated rings. The fourth-order valence-electron chi connectivity index (χ4n) is 1.69. The molecule has 0 aliphatic carbocycles. The number of nitrogens with zero attached hydrogens (tertiary/aromatic N) is 3. The van der Waals surface area contributed by atoms with Crippen molar-refractivity contribution >= 4 is 15.9 Å². The van der Waals surface area contributed by atoms with Gasteiger partial charge in [-0.25, -0.2) is 13.8 Å². The maximum atomic E-state index is 12.9. The summed E-state index contributed by atoms with van der Waals surface area (Å²) in [7, 11) is 0. The van der Waals surface area contributed by atoms with E-state index in [0.29, 0.717) is 24.2 Å². The summed E-state index contributed by atoms with van der Waals surface area (Å²) >= 11 is 3.20. The Morgan fingerprint density at radius 3 is 2.50 bits per heavy atom. The molecule has 16 heavy (non-hydrogen) atoms. The van der Waals surface area contributed by atoms with E-state index in [1.807, 2.05) is 4.90 Å². The Labute approximate surface area is 101 Å². The van der Waals surface area contributed by atoms with Gasteiger partial charge in [-0.2, -0.15) is 0 Å². The molecule has 1 aromatic heterocycles. The van der Waals surface area contributed by atoms with Gasteiger partial charge in [0, 0.05) is 32.5 Å². The van der Waals surface area contributed by atoms with Gasteiger partial charge in [0.05, 0.1) is 18.1 Å². The number of likely N-dealkylation sites (tertiary alicyclic amines) is 1. The Morgan fingerprint density at radius 2 is 1.94 bits per heavy atom. The van der Waals surface area contributed by atoms with Gasteiger partial charge < -0.3 is 0 Å². The van der Waals surface area contributed by atoms with Gasteiger partial charge in [0.15, 0.2) is 0 Å². The van der Waals surface area contributed by atoms with E-state index in [1.165, 1.54) is 0 Å². The molecule has 6 heteroatoms. The zero-order chi connectivity index (χ0) is 11.6. The Hall–Kier alpha value is -0.620. The Bertz CT molecular complexity index is 346. The van der Waals surface area contributed by atoms with Crippen LogP contribution in [-0.2, 0) is 6.54 Å². The number of hydrogen-bond donors (Lipinski definition) is 0. The molecule has 0 unspecified atom stereocenters. The molecule has 1 aliphatic rings. The van der Waals surface area contributed by atoms with Crippen molar-refractivity contribution in [3.05, 3.63) is 22.7 Å². The SMILES string of the molecule is FC1(F)CCN(Cc2cnc(Br)cn2)CC1. The number of halogens is 3. The van der Waals surface area contributed by atoms with Gasteiger partial charge in [-0.3, -0.25) is 9.88 Å². The van der Waals surface area contributed by atoms with Crippen molar-refractivity contribution in [2.45, 2.75) is 25.3 Å². The van der Waals surface area contributed by atoms with Gasteiger partial charge in [-0.15, -0.1) is 0 Å². The molecule has 3 nitrogen and oxygen atoms in total. The molecule has 1 aromatic rings. The minimum atomic E-state index is -2.48. The standard InChI is InChI=1S/C10H12BrF2N3/c11-9-6-14-8(5-15-9)7-16-3-1-10(12,13)2-4-16/h5-6H,1-4,7H2. The van der Waals surface area contributed by atoms with E-state index in [2.05, 4.69) is 25.9 Å². The molecule has 1 aliphatic heterocycles. The van der Waals surface area contributed by atoms with Crippen LogP contribution in [0.3, 0.4) is 0 Å². The quantitative estimate of drug-likeness (QED) is 0.838. The molecule has 1 saturated heterocycles. The van der Waals surface area contributed by atoms with Crippen LogP contribution < -0.4 is 0 Å². The van der Waals surface area contributed by atoms with Crippen molar-refractivity contribution in [3.63, 3.8) is 0 Å². The van der Waals surface area contributed by atoms with Gasteiger partial charge in [-0.05, 0) is 15.9 Å². The van der Waals surface area contributed by atoms with Crippen molar-refractivity contribution < 1.29 is 8.78 Å². The summed E-state index contributed by atoms with van der Waals surface area (Å²) in [6, 6.07) is 0. The van der Waals surface area contributed by atoms with Crippen LogP contribution in [-0.4, -0.2) is 33.9 Å². The van der Waals surface area contributed by atoms with Crippen molar-refractivity contribution in [2.24, 2.45) is 0 Å². The number of alkyl halides is 2. The summed E-state index contributed by atoms with van der Waals surface area (Å²) in [5.41, 5.74) is 0.813. The zero-order valence-corrected chi connectivity index (χ0v) is 10.3. The first-order chi connectivity index (χ1) is 7.55. The van der Waals surface area contributed by atoms with E-state index >= 15 is 0 Å². The van der Waals surface area contributed by atoms with Crippen LogP contribution in [0.2, 0.25) is 0 Å². The molecule has 88 valence electrons. The van der Waals surface area contributed by atoms with Crippen molar-refractivity contribution in [1.82, 2.24) is 14.9 Å². The van der Waals surface area contributed by atoms with Crippen molar-refractivity contribution in [1.29, 1.82) is 0 Å². The summed E-state index contributed by atoms with van der Waals surface area (Å²) in [6.07, 6.45) is 3.17. The van der Waals surface area contributed by atoms with Crippen LogP contribution >= 0.6 is 15.9 Å². The largest absolute Gasteiger partial charge is 0.297 e. The molecule has 0 radical (unpaired) electrons. The molecule has 0 bridgehead atoms. The van der Waals surface area contributed by atoms with E-state index in [-0.39, 0.29) is 12.8 Å². The van der Waals surface area contributed by atoms with Crippen LogP contribution in [0.5, 0.6) is 0 Å². The van der Waals surface area contributed by atoms with E-state index in [4.69, 9.17) is 0 Å². The van der Waals surface area contributed by atoms with Crippen LogP contribution in [0.25, 0.3) is 0 Å². The number of hydrogen-bond acceptors (Lipinski definition) is 3. The lowest BCUT2D eigenvalue weighted by Gasteiger charge is -2.31. The maximum absolute atomic E-state index is 12.9. The molecule has 0 N–H and O–H groups in total. The molecule has 0 saturated carbocycles. The predicted molar refractivity (Wildman–Crippen MR) is 59.2 cm³/mol. The van der Waals surface area contributed by atoms with Gasteiger partial charge in [0.2, 0.25) is 0 Å². The zero-order valence-electron chi connectivity index (χ0n) is 8.67. The minimum absolute atomic E-state index is 0.0586. The van der Waals surface area contributed by atoms with Gasteiger partial charge in [-0.1, -0.05) is 0 Å². The normalized spacial score (nSPS) is 20.9. The summed E-state index contributed by atoms with van der Waals surface area (Å²) in [5, 5.41) is 0. The monoisotopic (exact) mass is 291 g/mol. The van der Waals surface area contributed by atoms with Crippen LogP contribution in [0.1, 0.15) is 18.5 Å². The summed E-state index contributed by atoms with van der Waals surface area (Å²) in [4.78, 5) is 10.2. The first kappa shape index (κ1) is 11.9. The predicted octanol–water partition coefficient (Wildman–Crippen LogP) is 2.47. The summed E-state index contributed by atoms with van der Waals surface area (Å²) in [6.45, 7) is 1.44. The first-order valence-corrected chi connectivity index (χ1v) is 5.91. The summed E-state index contributed by atoms with van der Waals surface area (Å²) in [5.74, 6) is -2.48. The topological polar surface area (TPSA) is 29.0 Å². The van der Waals surface area contributed by atoms with E-state index in [0.717, 1.165) is 5.69 Å². The average Bonchev–Trinajstić information content (AvgIpc) is 2.24. The van der Waals surface area contributed by atoms with Crippen molar-refractivity contribution in [3.8, 4) is 0 Å². The third-order valence-corrected chi connectivity index (χ3v) is 3.06. The third-order valence-electron chi connectivity index (χ3n) is 2.65. The number of rotatable bonds is 2. The molecule has 2 rings (SSSR count). The Kier molecular flexibility index (Phi) is 3.49. The molecule has 0 amide bonds. The lowest BCUT2D eigenvalue weighted by molar-refractivity contribution is -0.0568. The first-order valence-electron chi connectivity index (χ1n) is 5.12. The van der Waals surface area contributed by atoms with Crippen LogP contribution in [0.4, 0.5) is 8.78 Å². The number of aromatic nitrogens is 2. The maximum Gasteiger partial charge on any atom is 0.250 e. The smallest absolute Gasteiger partial charge is 0.250 e. The van der Waals surface area contributed by atoms with E-state index < -0.39 is 5.92 Å². The van der Waals surface area contributed by atoms with Gasteiger partial charge in [0.25, 0.3) is 5.92 Å². The highest BCUT2D eigenvalue weighted by atomic mass is 79.9. The highest BCUT2D eigenvalue weighted by Gasteiger charge is 2.33. The Balaban J connectivity index is 1.89. The molecule has 0 spiro atoms. The molecular weight excluding hydrogens is 280 g/mol. The lowest BCUT2D eigenvalue weighted by Crippen LogP contribution is -2.39. The second kappa shape index (κ2) is 4.71. The molecule has 2 heterocycles. The van der Waals surface area contributed by atoms with Crippen LogP contribution in [0, 0.1) is 0 Å². The fourth-order valence-corrected chi connectivity index (χ4v) is 1.89. The van der Waals surface area contributed by atoms with Gasteiger partial charge >= 0.3 is 0 Å². The highest BCUT2D eigenvalue weighted by Crippen LogP contribution is 2.28. The molecular formula is C10H12BrF2N3. The lowest BCUT2D eigenvalue weighted by atomic mass is 10.1. The van der Waals surface area contributed by atoms with E-state index in [1.54, 1.807) is 12.4 Å². The summed E-state index contributed by atoms with van der Waals surface area (Å²) < 4.78 is 26.5.